The maximum atomic E-state index is 5.59. The van der Waals surface area contributed by atoms with Gasteiger partial charge in [0.15, 0.2) is 0 Å². The van der Waals surface area contributed by atoms with E-state index in [0.717, 1.165) is 11.3 Å². The summed E-state index contributed by atoms with van der Waals surface area (Å²) in [5, 5.41) is 0. The molecule has 0 aliphatic heterocycles. The third-order valence-electron chi connectivity index (χ3n) is 1.84. The van der Waals surface area contributed by atoms with Crippen LogP contribution in [-0.4, -0.2) is 6.10 Å². The number of ether oxygens (including phenoxy) is 1. The van der Waals surface area contributed by atoms with E-state index in [4.69, 9.17) is 10.5 Å². The van der Waals surface area contributed by atoms with Gasteiger partial charge in [-0.3, -0.25) is 0 Å². The fraction of sp³-hybridized carbons (Fsp3) is 0.273. The molecule has 0 radical (unpaired) electrons. The fourth-order valence-corrected chi connectivity index (χ4v) is 1.04. The average Bonchev–Trinajstić information content (AvgIpc) is 2.18. The van der Waals surface area contributed by atoms with E-state index in [0.29, 0.717) is 6.54 Å². The zero-order chi connectivity index (χ0) is 9.68. The minimum atomic E-state index is 0.0210. The SMILES string of the molecule is C=CC(C)Oc1ccccc1CN. The van der Waals surface area contributed by atoms with Crippen molar-refractivity contribution in [2.45, 2.75) is 19.6 Å². The summed E-state index contributed by atoms with van der Waals surface area (Å²) < 4.78 is 5.59. The Kier molecular flexibility index (Phi) is 3.53. The van der Waals surface area contributed by atoms with Crippen LogP contribution in [0.25, 0.3) is 0 Å². The third-order valence-corrected chi connectivity index (χ3v) is 1.84. The topological polar surface area (TPSA) is 35.2 Å². The standard InChI is InChI=1S/C11H15NO/c1-3-9(2)13-11-7-5-4-6-10(11)8-12/h3-7,9H,1,8,12H2,2H3. The third kappa shape index (κ3) is 2.60. The zero-order valence-corrected chi connectivity index (χ0v) is 7.86. The summed E-state index contributed by atoms with van der Waals surface area (Å²) in [5.74, 6) is 0.845. The number of benzene rings is 1. The molecule has 0 saturated carbocycles. The first-order chi connectivity index (χ1) is 6.27. The molecule has 0 amide bonds. The summed E-state index contributed by atoms with van der Waals surface area (Å²) in [4.78, 5) is 0. The van der Waals surface area contributed by atoms with Crippen LogP contribution in [0.15, 0.2) is 36.9 Å². The summed E-state index contributed by atoms with van der Waals surface area (Å²) >= 11 is 0. The van der Waals surface area contributed by atoms with Crippen molar-refractivity contribution in [1.82, 2.24) is 0 Å². The Morgan fingerprint density at radius 1 is 1.54 bits per heavy atom. The predicted octanol–water partition coefficient (Wildman–Crippen LogP) is 2.10. The lowest BCUT2D eigenvalue weighted by Gasteiger charge is -2.13. The maximum Gasteiger partial charge on any atom is 0.124 e. The second-order valence-corrected chi connectivity index (χ2v) is 2.87. The molecular weight excluding hydrogens is 162 g/mol. The summed E-state index contributed by atoms with van der Waals surface area (Å²) in [5.41, 5.74) is 6.59. The predicted molar refractivity (Wildman–Crippen MR) is 54.6 cm³/mol. The van der Waals surface area contributed by atoms with Crippen LogP contribution in [0.3, 0.4) is 0 Å². The summed E-state index contributed by atoms with van der Waals surface area (Å²) in [6.45, 7) is 6.10. The van der Waals surface area contributed by atoms with E-state index in [1.807, 2.05) is 31.2 Å². The van der Waals surface area contributed by atoms with Crippen LogP contribution in [0.2, 0.25) is 0 Å². The molecule has 0 aliphatic rings. The monoisotopic (exact) mass is 177 g/mol. The molecule has 0 heterocycles. The normalized spacial score (nSPS) is 12.2. The van der Waals surface area contributed by atoms with Gasteiger partial charge in [0.05, 0.1) is 0 Å². The largest absolute Gasteiger partial charge is 0.486 e. The molecule has 1 atom stereocenters. The van der Waals surface area contributed by atoms with E-state index in [9.17, 15) is 0 Å². The van der Waals surface area contributed by atoms with Gasteiger partial charge in [0, 0.05) is 12.1 Å². The van der Waals surface area contributed by atoms with Gasteiger partial charge >= 0.3 is 0 Å². The molecule has 0 fully saturated rings. The Balaban J connectivity index is 2.80. The van der Waals surface area contributed by atoms with Crippen molar-refractivity contribution < 1.29 is 4.74 Å². The van der Waals surface area contributed by atoms with Crippen LogP contribution in [0.5, 0.6) is 5.75 Å². The second kappa shape index (κ2) is 4.67. The van der Waals surface area contributed by atoms with Gasteiger partial charge in [-0.1, -0.05) is 30.9 Å². The number of nitrogens with two attached hydrogens (primary N) is 1. The van der Waals surface area contributed by atoms with Gasteiger partial charge in [-0.15, -0.1) is 0 Å². The highest BCUT2D eigenvalue weighted by Gasteiger charge is 2.02. The lowest BCUT2D eigenvalue weighted by atomic mass is 10.2. The molecular formula is C11H15NO. The van der Waals surface area contributed by atoms with E-state index in [2.05, 4.69) is 6.58 Å². The Morgan fingerprint density at radius 3 is 2.85 bits per heavy atom. The van der Waals surface area contributed by atoms with Gasteiger partial charge < -0.3 is 10.5 Å². The van der Waals surface area contributed by atoms with Crippen LogP contribution in [0.4, 0.5) is 0 Å². The Hall–Kier alpha value is -1.28. The first kappa shape index (κ1) is 9.81. The molecule has 0 bridgehead atoms. The molecule has 0 aliphatic carbocycles. The number of hydrogen-bond acceptors (Lipinski definition) is 2. The molecule has 0 aromatic heterocycles. The summed E-state index contributed by atoms with van der Waals surface area (Å²) in [6.07, 6.45) is 1.78. The Labute approximate surface area is 79.0 Å². The molecule has 2 heteroatoms. The average molecular weight is 177 g/mol. The van der Waals surface area contributed by atoms with E-state index in [1.165, 1.54) is 0 Å². The smallest absolute Gasteiger partial charge is 0.124 e. The lowest BCUT2D eigenvalue weighted by molar-refractivity contribution is 0.267. The molecule has 0 saturated heterocycles. The molecule has 1 rings (SSSR count). The number of rotatable bonds is 4. The van der Waals surface area contributed by atoms with E-state index >= 15 is 0 Å². The van der Waals surface area contributed by atoms with Crippen LogP contribution in [0, 0.1) is 0 Å². The molecule has 0 spiro atoms. The van der Waals surface area contributed by atoms with Gasteiger partial charge in [0.2, 0.25) is 0 Å². The van der Waals surface area contributed by atoms with Crippen molar-refractivity contribution in [1.29, 1.82) is 0 Å². The van der Waals surface area contributed by atoms with Crippen molar-refractivity contribution in [3.63, 3.8) is 0 Å². The van der Waals surface area contributed by atoms with Crippen molar-refractivity contribution in [3.05, 3.63) is 42.5 Å². The molecule has 13 heavy (non-hydrogen) atoms. The van der Waals surface area contributed by atoms with Crippen molar-refractivity contribution in [3.8, 4) is 5.75 Å². The first-order valence-corrected chi connectivity index (χ1v) is 4.35. The van der Waals surface area contributed by atoms with Gasteiger partial charge in [-0.2, -0.15) is 0 Å². The lowest BCUT2D eigenvalue weighted by Crippen LogP contribution is -2.10. The summed E-state index contributed by atoms with van der Waals surface area (Å²) in [7, 11) is 0. The van der Waals surface area contributed by atoms with E-state index in [-0.39, 0.29) is 6.10 Å². The highest BCUT2D eigenvalue weighted by atomic mass is 16.5. The van der Waals surface area contributed by atoms with Gasteiger partial charge in [-0.25, -0.2) is 0 Å². The van der Waals surface area contributed by atoms with Crippen LogP contribution < -0.4 is 10.5 Å². The Bertz CT molecular complexity index is 283. The molecule has 1 unspecified atom stereocenters. The van der Waals surface area contributed by atoms with Crippen molar-refractivity contribution in [2.75, 3.05) is 0 Å². The number of para-hydroxylation sites is 1. The maximum absolute atomic E-state index is 5.59. The minimum absolute atomic E-state index is 0.0210. The molecule has 2 nitrogen and oxygen atoms in total. The number of hydrogen-bond donors (Lipinski definition) is 1. The van der Waals surface area contributed by atoms with Gasteiger partial charge in [0.1, 0.15) is 11.9 Å². The van der Waals surface area contributed by atoms with Crippen molar-refractivity contribution >= 4 is 0 Å². The van der Waals surface area contributed by atoms with Crippen LogP contribution in [0.1, 0.15) is 12.5 Å². The Morgan fingerprint density at radius 2 is 2.23 bits per heavy atom. The molecule has 70 valence electrons. The first-order valence-electron chi connectivity index (χ1n) is 4.35. The van der Waals surface area contributed by atoms with Crippen LogP contribution >= 0.6 is 0 Å². The fourth-order valence-electron chi connectivity index (χ4n) is 1.04. The van der Waals surface area contributed by atoms with Crippen molar-refractivity contribution in [2.24, 2.45) is 5.73 Å². The molecule has 1 aromatic rings. The quantitative estimate of drug-likeness (QED) is 0.715. The highest BCUT2D eigenvalue weighted by molar-refractivity contribution is 5.33. The minimum Gasteiger partial charge on any atom is -0.486 e. The summed E-state index contributed by atoms with van der Waals surface area (Å²) in [6, 6.07) is 7.77. The van der Waals surface area contributed by atoms with E-state index < -0.39 is 0 Å². The van der Waals surface area contributed by atoms with Gasteiger partial charge in [0.25, 0.3) is 0 Å². The second-order valence-electron chi connectivity index (χ2n) is 2.87. The van der Waals surface area contributed by atoms with E-state index in [1.54, 1.807) is 6.08 Å². The van der Waals surface area contributed by atoms with Gasteiger partial charge in [-0.05, 0) is 13.0 Å². The highest BCUT2D eigenvalue weighted by Crippen LogP contribution is 2.18. The molecule has 2 N–H and O–H groups in total. The molecule has 1 aromatic carbocycles. The van der Waals surface area contributed by atoms with Crippen LogP contribution in [-0.2, 0) is 6.54 Å². The zero-order valence-electron chi connectivity index (χ0n) is 7.86.